The molecule has 6 nitrogen and oxygen atoms in total. The molecule has 0 aromatic carbocycles. The van der Waals surface area contributed by atoms with Gasteiger partial charge in [-0.2, -0.15) is 0 Å². The topological polar surface area (TPSA) is 67.1 Å². The van der Waals surface area contributed by atoms with Crippen LogP contribution in [-0.2, 0) is 6.54 Å². The molecule has 2 N–H and O–H groups in total. The Kier molecular flexibility index (Phi) is 8.63. The minimum Gasteiger partial charge on any atom is -0.357 e. The standard InChI is InChI=1S/C18H34N6/c1-3-7-16-8-10-17(11-9-16)23-18(19-4-2)20-12-5-6-13-24-14-21-22-15-24/h14-17H,3-13H2,1-2H3,(H2,19,20,23). The Bertz CT molecular complexity index is 448. The number of guanidine groups is 1. The van der Waals surface area contributed by atoms with Gasteiger partial charge in [0.15, 0.2) is 5.96 Å². The van der Waals surface area contributed by atoms with Gasteiger partial charge in [-0.3, -0.25) is 4.99 Å². The lowest BCUT2D eigenvalue weighted by Crippen LogP contribution is -2.45. The third-order valence-electron chi connectivity index (χ3n) is 4.79. The minimum absolute atomic E-state index is 0.591. The van der Waals surface area contributed by atoms with Crippen LogP contribution in [0.4, 0.5) is 0 Å². The second kappa shape index (κ2) is 11.0. The van der Waals surface area contributed by atoms with Gasteiger partial charge in [-0.1, -0.05) is 19.8 Å². The predicted octanol–water partition coefficient (Wildman–Crippen LogP) is 2.97. The Morgan fingerprint density at radius 3 is 2.54 bits per heavy atom. The van der Waals surface area contributed by atoms with E-state index in [0.717, 1.165) is 44.4 Å². The van der Waals surface area contributed by atoms with Crippen LogP contribution in [0.25, 0.3) is 0 Å². The van der Waals surface area contributed by atoms with Gasteiger partial charge in [0, 0.05) is 25.7 Å². The van der Waals surface area contributed by atoms with Gasteiger partial charge in [0.1, 0.15) is 12.7 Å². The summed E-state index contributed by atoms with van der Waals surface area (Å²) in [5.41, 5.74) is 0. The number of unbranched alkanes of at least 4 members (excludes halogenated alkanes) is 1. The molecule has 6 heteroatoms. The second-order valence-corrected chi connectivity index (χ2v) is 6.82. The minimum atomic E-state index is 0.591. The summed E-state index contributed by atoms with van der Waals surface area (Å²) in [7, 11) is 0. The van der Waals surface area contributed by atoms with Crippen molar-refractivity contribution in [2.75, 3.05) is 13.1 Å². The molecular weight excluding hydrogens is 300 g/mol. The van der Waals surface area contributed by atoms with Crippen LogP contribution in [-0.4, -0.2) is 39.9 Å². The number of aromatic nitrogens is 3. The van der Waals surface area contributed by atoms with E-state index in [0.29, 0.717) is 6.04 Å². The molecule has 0 spiro atoms. The molecule has 0 radical (unpaired) electrons. The van der Waals surface area contributed by atoms with Gasteiger partial charge >= 0.3 is 0 Å². The van der Waals surface area contributed by atoms with Crippen LogP contribution in [0.3, 0.4) is 0 Å². The molecular formula is C18H34N6. The zero-order valence-corrected chi connectivity index (χ0v) is 15.4. The molecule has 0 atom stereocenters. The highest BCUT2D eigenvalue weighted by atomic mass is 15.2. The number of rotatable bonds is 9. The number of nitrogens with zero attached hydrogens (tertiary/aromatic N) is 4. The van der Waals surface area contributed by atoms with Crippen molar-refractivity contribution in [3.63, 3.8) is 0 Å². The van der Waals surface area contributed by atoms with E-state index < -0.39 is 0 Å². The Morgan fingerprint density at radius 1 is 1.12 bits per heavy atom. The van der Waals surface area contributed by atoms with Crippen molar-refractivity contribution in [2.45, 2.75) is 77.8 Å². The predicted molar refractivity (Wildman–Crippen MR) is 99.0 cm³/mol. The maximum atomic E-state index is 4.74. The highest BCUT2D eigenvalue weighted by Gasteiger charge is 2.21. The highest BCUT2D eigenvalue weighted by molar-refractivity contribution is 5.80. The van der Waals surface area contributed by atoms with Crippen molar-refractivity contribution in [3.05, 3.63) is 12.7 Å². The molecule has 0 unspecified atom stereocenters. The van der Waals surface area contributed by atoms with Gasteiger partial charge < -0.3 is 15.2 Å². The summed E-state index contributed by atoms with van der Waals surface area (Å²) < 4.78 is 2.02. The van der Waals surface area contributed by atoms with Gasteiger partial charge in [0.25, 0.3) is 0 Å². The summed E-state index contributed by atoms with van der Waals surface area (Å²) in [6, 6.07) is 0.591. The van der Waals surface area contributed by atoms with E-state index in [9.17, 15) is 0 Å². The van der Waals surface area contributed by atoms with Gasteiger partial charge in [0.05, 0.1) is 0 Å². The smallest absolute Gasteiger partial charge is 0.191 e. The van der Waals surface area contributed by atoms with Crippen molar-refractivity contribution in [2.24, 2.45) is 10.9 Å². The quantitative estimate of drug-likeness (QED) is 0.414. The highest BCUT2D eigenvalue weighted by Crippen LogP contribution is 2.27. The molecule has 0 saturated heterocycles. The molecule has 0 aliphatic heterocycles. The largest absolute Gasteiger partial charge is 0.357 e. The van der Waals surface area contributed by atoms with Gasteiger partial charge in [0.2, 0.25) is 0 Å². The lowest BCUT2D eigenvalue weighted by atomic mass is 9.83. The molecule has 1 aromatic heterocycles. The number of aliphatic imine (C=N–C) groups is 1. The SMILES string of the molecule is CCCC1CCC(NC(=NCCCCn2cnnc2)NCC)CC1. The molecule has 1 heterocycles. The van der Waals surface area contributed by atoms with E-state index in [2.05, 4.69) is 34.7 Å². The third kappa shape index (κ3) is 6.89. The van der Waals surface area contributed by atoms with Crippen molar-refractivity contribution in [1.29, 1.82) is 0 Å². The number of nitrogens with one attached hydrogen (secondary N) is 2. The third-order valence-corrected chi connectivity index (χ3v) is 4.79. The number of aryl methyl sites for hydroxylation is 1. The van der Waals surface area contributed by atoms with Crippen LogP contribution in [0.15, 0.2) is 17.6 Å². The van der Waals surface area contributed by atoms with Gasteiger partial charge in [-0.15, -0.1) is 10.2 Å². The fourth-order valence-corrected chi connectivity index (χ4v) is 3.45. The first-order valence-corrected chi connectivity index (χ1v) is 9.69. The molecule has 0 bridgehead atoms. The lowest BCUT2D eigenvalue weighted by Gasteiger charge is -2.30. The summed E-state index contributed by atoms with van der Waals surface area (Å²) in [5.74, 6) is 1.94. The molecule has 24 heavy (non-hydrogen) atoms. The Balaban J connectivity index is 1.66. The first-order valence-electron chi connectivity index (χ1n) is 9.69. The summed E-state index contributed by atoms with van der Waals surface area (Å²) in [5, 5.41) is 14.7. The maximum absolute atomic E-state index is 4.74. The van der Waals surface area contributed by atoms with E-state index in [1.54, 1.807) is 12.7 Å². The van der Waals surface area contributed by atoms with Crippen LogP contribution in [0.5, 0.6) is 0 Å². The van der Waals surface area contributed by atoms with Gasteiger partial charge in [-0.05, 0) is 51.4 Å². The van der Waals surface area contributed by atoms with E-state index in [1.165, 1.54) is 38.5 Å². The van der Waals surface area contributed by atoms with Crippen molar-refractivity contribution in [1.82, 2.24) is 25.4 Å². The Hall–Kier alpha value is -1.59. The fraction of sp³-hybridized carbons (Fsp3) is 0.833. The van der Waals surface area contributed by atoms with Crippen molar-refractivity contribution in [3.8, 4) is 0 Å². The maximum Gasteiger partial charge on any atom is 0.191 e. The second-order valence-electron chi connectivity index (χ2n) is 6.82. The molecule has 1 fully saturated rings. The summed E-state index contributed by atoms with van der Waals surface area (Å²) >= 11 is 0. The van der Waals surface area contributed by atoms with E-state index in [1.807, 2.05) is 4.57 Å². The first-order chi connectivity index (χ1) is 11.8. The van der Waals surface area contributed by atoms with E-state index in [-0.39, 0.29) is 0 Å². The molecule has 0 amide bonds. The molecule has 1 aliphatic carbocycles. The van der Waals surface area contributed by atoms with Crippen LogP contribution in [0.1, 0.15) is 65.2 Å². The van der Waals surface area contributed by atoms with Gasteiger partial charge in [-0.25, -0.2) is 0 Å². The average molecular weight is 335 g/mol. The molecule has 2 rings (SSSR count). The first kappa shape index (κ1) is 18.7. The molecule has 1 aliphatic rings. The van der Waals surface area contributed by atoms with Crippen molar-refractivity contribution >= 4 is 5.96 Å². The monoisotopic (exact) mass is 334 g/mol. The Labute approximate surface area is 146 Å². The molecule has 1 saturated carbocycles. The number of hydrogen-bond donors (Lipinski definition) is 2. The zero-order valence-electron chi connectivity index (χ0n) is 15.4. The molecule has 136 valence electrons. The van der Waals surface area contributed by atoms with Crippen LogP contribution < -0.4 is 10.6 Å². The van der Waals surface area contributed by atoms with E-state index in [4.69, 9.17) is 4.99 Å². The van der Waals surface area contributed by atoms with Crippen LogP contribution in [0.2, 0.25) is 0 Å². The summed E-state index contributed by atoms with van der Waals surface area (Å²) in [6.45, 7) is 7.17. The number of hydrogen-bond acceptors (Lipinski definition) is 3. The van der Waals surface area contributed by atoms with E-state index >= 15 is 0 Å². The summed E-state index contributed by atoms with van der Waals surface area (Å²) in [6.07, 6.45) is 13.7. The van der Waals surface area contributed by atoms with Crippen molar-refractivity contribution < 1.29 is 0 Å². The fourth-order valence-electron chi connectivity index (χ4n) is 3.45. The lowest BCUT2D eigenvalue weighted by molar-refractivity contribution is 0.295. The average Bonchev–Trinajstić information content (AvgIpc) is 3.10. The molecule has 1 aromatic rings. The van der Waals surface area contributed by atoms with Crippen LogP contribution in [0, 0.1) is 5.92 Å². The van der Waals surface area contributed by atoms with Crippen LogP contribution >= 0.6 is 0 Å². The zero-order chi connectivity index (χ0) is 17.0. The Morgan fingerprint density at radius 2 is 1.88 bits per heavy atom. The summed E-state index contributed by atoms with van der Waals surface area (Å²) in [4.78, 5) is 4.74. The normalized spacial score (nSPS) is 21.7.